The van der Waals surface area contributed by atoms with Crippen LogP contribution in [-0.4, -0.2) is 24.6 Å². The molecular formula is C7H15N3. The molecule has 3 N–H and O–H groups in total. The van der Waals surface area contributed by atoms with Gasteiger partial charge in [0.25, 0.3) is 0 Å². The Balaban J connectivity index is 2.13. The maximum atomic E-state index is 5.48. The van der Waals surface area contributed by atoms with Gasteiger partial charge in [0, 0.05) is 19.3 Å². The van der Waals surface area contributed by atoms with Crippen molar-refractivity contribution in [1.82, 2.24) is 10.4 Å². The maximum Gasteiger partial charge on any atom is 0.0376 e. The summed E-state index contributed by atoms with van der Waals surface area (Å²) in [4.78, 5) is 0. The Kier molecular flexibility index (Phi) is 2.71. The molecule has 58 valence electrons. The second kappa shape index (κ2) is 3.58. The van der Waals surface area contributed by atoms with Crippen molar-refractivity contribution in [2.24, 2.45) is 11.7 Å². The Hall–Kier alpha value is -0.540. The molecule has 0 aliphatic carbocycles. The number of hydrogen-bond acceptors (Lipinski definition) is 3. The van der Waals surface area contributed by atoms with Crippen LogP contribution >= 0.6 is 0 Å². The molecule has 0 spiro atoms. The summed E-state index contributed by atoms with van der Waals surface area (Å²) >= 11 is 0. The lowest BCUT2D eigenvalue weighted by atomic mass is 10.2. The van der Waals surface area contributed by atoms with E-state index in [-0.39, 0.29) is 0 Å². The molecule has 1 aliphatic rings. The highest BCUT2D eigenvalue weighted by Gasteiger charge is 2.08. The third kappa shape index (κ3) is 2.01. The lowest BCUT2D eigenvalue weighted by Gasteiger charge is -2.19. The molecule has 0 aromatic heterocycles. The molecule has 1 aliphatic heterocycles. The van der Waals surface area contributed by atoms with Crippen LogP contribution in [0.1, 0.15) is 6.92 Å². The molecule has 0 fully saturated rings. The summed E-state index contributed by atoms with van der Waals surface area (Å²) in [5.74, 6) is 0.576. The van der Waals surface area contributed by atoms with Crippen LogP contribution in [0.2, 0.25) is 0 Å². The van der Waals surface area contributed by atoms with Gasteiger partial charge in [-0.25, -0.2) is 5.01 Å². The number of nitrogens with two attached hydrogens (primary N) is 1. The summed E-state index contributed by atoms with van der Waals surface area (Å²) < 4.78 is 0. The van der Waals surface area contributed by atoms with Gasteiger partial charge in [0.05, 0.1) is 0 Å². The molecule has 10 heavy (non-hydrogen) atoms. The van der Waals surface area contributed by atoms with Crippen LogP contribution in [0.4, 0.5) is 0 Å². The van der Waals surface area contributed by atoms with Gasteiger partial charge in [-0.05, 0) is 12.5 Å². The second-order valence-electron chi connectivity index (χ2n) is 2.78. The van der Waals surface area contributed by atoms with Gasteiger partial charge in [0.1, 0.15) is 0 Å². The first-order valence-electron chi connectivity index (χ1n) is 3.69. The molecule has 0 amide bonds. The van der Waals surface area contributed by atoms with Crippen LogP contribution in [0.5, 0.6) is 0 Å². The van der Waals surface area contributed by atoms with Gasteiger partial charge in [0.2, 0.25) is 0 Å². The second-order valence-corrected chi connectivity index (χ2v) is 2.78. The van der Waals surface area contributed by atoms with E-state index >= 15 is 0 Å². The van der Waals surface area contributed by atoms with E-state index in [1.165, 1.54) is 0 Å². The Morgan fingerprint density at radius 1 is 1.80 bits per heavy atom. The zero-order valence-electron chi connectivity index (χ0n) is 6.38. The van der Waals surface area contributed by atoms with Gasteiger partial charge in [-0.15, -0.1) is 0 Å². The number of hydrazine groups is 1. The number of nitrogens with zero attached hydrogens (tertiary/aromatic N) is 1. The molecule has 0 saturated heterocycles. The maximum absolute atomic E-state index is 5.48. The Morgan fingerprint density at radius 3 is 3.10 bits per heavy atom. The summed E-state index contributed by atoms with van der Waals surface area (Å²) in [6, 6.07) is 0. The highest BCUT2D eigenvalue weighted by Crippen LogP contribution is 1.98. The molecule has 0 radical (unpaired) electrons. The molecule has 0 aromatic carbocycles. The van der Waals surface area contributed by atoms with Crippen molar-refractivity contribution in [2.75, 3.05) is 19.6 Å². The molecular weight excluding hydrogens is 126 g/mol. The van der Waals surface area contributed by atoms with Crippen LogP contribution in [0.3, 0.4) is 0 Å². The van der Waals surface area contributed by atoms with Gasteiger partial charge < -0.3 is 11.2 Å². The molecule has 1 atom stereocenters. The molecule has 0 saturated carbocycles. The first kappa shape index (κ1) is 7.57. The standard InChI is InChI=1S/C7H15N3/c1-7(5-8)6-10-4-2-3-9-10/h2-3,7,9H,4-6,8H2,1H3. The van der Waals surface area contributed by atoms with E-state index in [4.69, 9.17) is 5.73 Å². The summed E-state index contributed by atoms with van der Waals surface area (Å²) in [5.41, 5.74) is 8.59. The topological polar surface area (TPSA) is 41.3 Å². The summed E-state index contributed by atoms with van der Waals surface area (Å²) in [6.07, 6.45) is 4.06. The molecule has 1 rings (SSSR count). The number of rotatable bonds is 3. The fourth-order valence-corrected chi connectivity index (χ4v) is 0.969. The van der Waals surface area contributed by atoms with Crippen molar-refractivity contribution in [3.63, 3.8) is 0 Å². The van der Waals surface area contributed by atoms with E-state index in [0.717, 1.165) is 19.6 Å². The molecule has 0 aromatic rings. The van der Waals surface area contributed by atoms with Crippen molar-refractivity contribution in [2.45, 2.75) is 6.92 Å². The Labute approximate surface area is 61.9 Å². The van der Waals surface area contributed by atoms with Crippen molar-refractivity contribution in [3.05, 3.63) is 12.3 Å². The number of hydrogen-bond donors (Lipinski definition) is 2. The molecule has 3 nitrogen and oxygen atoms in total. The predicted octanol–water partition coefficient (Wildman–Crippen LogP) is -0.0849. The first-order chi connectivity index (χ1) is 4.83. The smallest absolute Gasteiger partial charge is 0.0376 e. The SMILES string of the molecule is CC(CN)CN1CC=CN1. The summed E-state index contributed by atoms with van der Waals surface area (Å²) in [7, 11) is 0. The van der Waals surface area contributed by atoms with Gasteiger partial charge in [0.15, 0.2) is 0 Å². The molecule has 0 bridgehead atoms. The van der Waals surface area contributed by atoms with Gasteiger partial charge in [-0.2, -0.15) is 0 Å². The predicted molar refractivity (Wildman–Crippen MR) is 42.1 cm³/mol. The minimum Gasteiger partial charge on any atom is -0.330 e. The van der Waals surface area contributed by atoms with Crippen LogP contribution < -0.4 is 11.2 Å². The van der Waals surface area contributed by atoms with Crippen LogP contribution in [0.15, 0.2) is 12.3 Å². The number of nitrogens with one attached hydrogen (secondary N) is 1. The van der Waals surface area contributed by atoms with Crippen LogP contribution in [0.25, 0.3) is 0 Å². The summed E-state index contributed by atoms with van der Waals surface area (Å²) in [6.45, 7) is 4.95. The quantitative estimate of drug-likeness (QED) is 0.577. The third-order valence-electron chi connectivity index (χ3n) is 1.64. The normalized spacial score (nSPS) is 21.0. The lowest BCUT2D eigenvalue weighted by molar-refractivity contribution is 0.231. The van der Waals surface area contributed by atoms with Crippen molar-refractivity contribution >= 4 is 0 Å². The fraction of sp³-hybridized carbons (Fsp3) is 0.714. The van der Waals surface area contributed by atoms with Crippen molar-refractivity contribution in [3.8, 4) is 0 Å². The van der Waals surface area contributed by atoms with E-state index in [2.05, 4.69) is 23.4 Å². The monoisotopic (exact) mass is 141 g/mol. The highest BCUT2D eigenvalue weighted by molar-refractivity contribution is 4.88. The largest absolute Gasteiger partial charge is 0.330 e. The minimum atomic E-state index is 0.576. The Bertz CT molecular complexity index is 114. The molecule has 3 heteroatoms. The fourth-order valence-electron chi connectivity index (χ4n) is 0.969. The van der Waals surface area contributed by atoms with E-state index in [0.29, 0.717) is 5.92 Å². The minimum absolute atomic E-state index is 0.576. The van der Waals surface area contributed by atoms with E-state index < -0.39 is 0 Å². The lowest BCUT2D eigenvalue weighted by Crippen LogP contribution is -2.36. The zero-order chi connectivity index (χ0) is 7.40. The van der Waals surface area contributed by atoms with Crippen LogP contribution in [-0.2, 0) is 0 Å². The first-order valence-corrected chi connectivity index (χ1v) is 3.69. The van der Waals surface area contributed by atoms with Gasteiger partial charge in [-0.1, -0.05) is 13.0 Å². The Morgan fingerprint density at radius 2 is 2.60 bits per heavy atom. The van der Waals surface area contributed by atoms with E-state index in [9.17, 15) is 0 Å². The van der Waals surface area contributed by atoms with Gasteiger partial charge >= 0.3 is 0 Å². The van der Waals surface area contributed by atoms with Gasteiger partial charge in [-0.3, -0.25) is 0 Å². The molecule has 1 unspecified atom stereocenters. The van der Waals surface area contributed by atoms with Crippen molar-refractivity contribution in [1.29, 1.82) is 0 Å². The van der Waals surface area contributed by atoms with Crippen LogP contribution in [0, 0.1) is 5.92 Å². The average molecular weight is 141 g/mol. The average Bonchev–Trinajstić information content (AvgIpc) is 2.40. The van der Waals surface area contributed by atoms with E-state index in [1.54, 1.807) is 0 Å². The van der Waals surface area contributed by atoms with E-state index in [1.807, 2.05) is 6.20 Å². The third-order valence-corrected chi connectivity index (χ3v) is 1.64. The highest BCUT2D eigenvalue weighted by atomic mass is 15.5. The summed E-state index contributed by atoms with van der Waals surface area (Å²) in [5, 5.41) is 2.15. The zero-order valence-corrected chi connectivity index (χ0v) is 6.38. The van der Waals surface area contributed by atoms with Crippen molar-refractivity contribution < 1.29 is 0 Å². The molecule has 1 heterocycles.